The van der Waals surface area contributed by atoms with Gasteiger partial charge in [-0.1, -0.05) is 5.92 Å². The van der Waals surface area contributed by atoms with Crippen LogP contribution < -0.4 is 10.5 Å². The van der Waals surface area contributed by atoms with Crippen molar-refractivity contribution < 1.29 is 13.2 Å². The van der Waals surface area contributed by atoms with Gasteiger partial charge in [0, 0.05) is 12.2 Å². The first-order valence-corrected chi connectivity index (χ1v) is 8.52. The zero-order valence-corrected chi connectivity index (χ0v) is 12.7. The number of rotatable bonds is 8. The van der Waals surface area contributed by atoms with Crippen LogP contribution in [-0.4, -0.2) is 38.2 Å². The molecule has 0 atom stereocenters. The van der Waals surface area contributed by atoms with Crippen molar-refractivity contribution in [1.29, 1.82) is 0 Å². The van der Waals surface area contributed by atoms with Crippen molar-refractivity contribution in [2.75, 3.05) is 31.2 Å². The summed E-state index contributed by atoms with van der Waals surface area (Å²) in [4.78, 5) is 0. The zero-order valence-electron chi connectivity index (χ0n) is 11.9. The van der Waals surface area contributed by atoms with Gasteiger partial charge in [-0.15, -0.1) is 6.42 Å². The molecule has 1 aromatic rings. The van der Waals surface area contributed by atoms with Gasteiger partial charge in [0.05, 0.1) is 12.3 Å². The van der Waals surface area contributed by atoms with Crippen molar-refractivity contribution in [1.82, 2.24) is 4.31 Å². The molecule has 0 aromatic heterocycles. The Bertz CT molecular complexity index is 601. The predicted octanol–water partition coefficient (Wildman–Crippen LogP) is 1.32. The van der Waals surface area contributed by atoms with Crippen LogP contribution in [0.25, 0.3) is 0 Å². The molecule has 1 aliphatic rings. The molecule has 2 rings (SSSR count). The van der Waals surface area contributed by atoms with E-state index in [1.54, 1.807) is 24.3 Å². The largest absolute Gasteiger partial charge is 0.492 e. The lowest BCUT2D eigenvalue weighted by Crippen LogP contribution is -2.36. The van der Waals surface area contributed by atoms with Gasteiger partial charge >= 0.3 is 0 Å². The second kappa shape index (κ2) is 6.83. The highest BCUT2D eigenvalue weighted by Gasteiger charge is 2.30. The maximum absolute atomic E-state index is 12.3. The van der Waals surface area contributed by atoms with Gasteiger partial charge in [-0.3, -0.25) is 0 Å². The summed E-state index contributed by atoms with van der Waals surface area (Å²) in [5.41, 5.74) is 6.21. The minimum atomic E-state index is -3.38. The third-order valence-corrected chi connectivity index (χ3v) is 5.06. The van der Waals surface area contributed by atoms with Gasteiger partial charge < -0.3 is 10.5 Å². The van der Waals surface area contributed by atoms with Crippen LogP contribution in [0.1, 0.15) is 12.8 Å². The molecular formula is C15H20N2O3S. The van der Waals surface area contributed by atoms with Gasteiger partial charge in [0.1, 0.15) is 12.4 Å². The van der Waals surface area contributed by atoms with E-state index in [-0.39, 0.29) is 18.9 Å². The van der Waals surface area contributed by atoms with Crippen molar-refractivity contribution in [3.8, 4) is 18.1 Å². The van der Waals surface area contributed by atoms with Crippen molar-refractivity contribution >= 4 is 15.7 Å². The van der Waals surface area contributed by atoms with Gasteiger partial charge in [-0.05, 0) is 43.0 Å². The first-order chi connectivity index (χ1) is 10.0. The third-order valence-electron chi connectivity index (χ3n) is 3.31. The first kappa shape index (κ1) is 15.7. The number of nitrogens with two attached hydrogens (primary N) is 1. The summed E-state index contributed by atoms with van der Waals surface area (Å²) in [5, 5.41) is 0. The molecule has 1 saturated carbocycles. The van der Waals surface area contributed by atoms with Crippen LogP contribution >= 0.6 is 0 Å². The molecular weight excluding hydrogens is 288 g/mol. The first-order valence-electron chi connectivity index (χ1n) is 6.91. The standard InChI is InChI=1S/C15H20N2O3S/c1-2-9-17(12-13-3-4-13)21(18,19)11-10-20-15-7-5-14(16)6-8-15/h1,5-8,13H,3-4,9-12,16H2. The van der Waals surface area contributed by atoms with Crippen LogP contribution in [0.2, 0.25) is 0 Å². The lowest BCUT2D eigenvalue weighted by Gasteiger charge is -2.19. The van der Waals surface area contributed by atoms with Crippen LogP contribution in [0.15, 0.2) is 24.3 Å². The molecule has 1 aliphatic carbocycles. The molecule has 0 unspecified atom stereocenters. The summed E-state index contributed by atoms with van der Waals surface area (Å²) in [7, 11) is -3.38. The second-order valence-corrected chi connectivity index (χ2v) is 7.26. The van der Waals surface area contributed by atoms with E-state index in [0.717, 1.165) is 12.8 Å². The van der Waals surface area contributed by atoms with Crippen molar-refractivity contribution in [2.24, 2.45) is 5.92 Å². The molecule has 6 heteroatoms. The summed E-state index contributed by atoms with van der Waals surface area (Å²) in [6.07, 6.45) is 7.42. The van der Waals surface area contributed by atoms with Gasteiger partial charge in [0.25, 0.3) is 0 Å². The maximum Gasteiger partial charge on any atom is 0.218 e. The fourth-order valence-electron chi connectivity index (χ4n) is 1.92. The fourth-order valence-corrected chi connectivity index (χ4v) is 3.19. The normalized spacial score (nSPS) is 14.9. The molecule has 0 radical (unpaired) electrons. The molecule has 1 aromatic carbocycles. The van der Waals surface area contributed by atoms with Gasteiger partial charge in [0.2, 0.25) is 10.0 Å². The number of ether oxygens (including phenoxy) is 1. The summed E-state index contributed by atoms with van der Waals surface area (Å²) in [5.74, 6) is 3.40. The maximum atomic E-state index is 12.3. The van der Waals surface area contributed by atoms with E-state index in [9.17, 15) is 8.42 Å². The highest BCUT2D eigenvalue weighted by atomic mass is 32.2. The van der Waals surface area contributed by atoms with Crippen LogP contribution in [0.5, 0.6) is 5.75 Å². The Hall–Kier alpha value is -1.71. The van der Waals surface area contributed by atoms with E-state index >= 15 is 0 Å². The number of terminal acetylenes is 1. The number of nitrogen functional groups attached to an aromatic ring is 1. The molecule has 5 nitrogen and oxygen atoms in total. The molecule has 0 amide bonds. The fraction of sp³-hybridized carbons (Fsp3) is 0.467. The molecule has 2 N–H and O–H groups in total. The highest BCUT2D eigenvalue weighted by molar-refractivity contribution is 7.89. The van der Waals surface area contributed by atoms with Gasteiger partial charge in [0.15, 0.2) is 0 Å². The lowest BCUT2D eigenvalue weighted by molar-refractivity contribution is 0.335. The SMILES string of the molecule is C#CCN(CC1CC1)S(=O)(=O)CCOc1ccc(N)cc1. The van der Waals surface area contributed by atoms with Crippen LogP contribution in [0.3, 0.4) is 0 Å². The number of anilines is 1. The Morgan fingerprint density at radius 1 is 1.33 bits per heavy atom. The summed E-state index contributed by atoms with van der Waals surface area (Å²) in [6, 6.07) is 6.85. The summed E-state index contributed by atoms with van der Waals surface area (Å²) >= 11 is 0. The number of hydrogen-bond acceptors (Lipinski definition) is 4. The van der Waals surface area contributed by atoms with E-state index in [4.69, 9.17) is 16.9 Å². The Morgan fingerprint density at radius 3 is 2.57 bits per heavy atom. The topological polar surface area (TPSA) is 72.6 Å². The monoisotopic (exact) mass is 308 g/mol. The number of sulfonamides is 1. The molecule has 0 saturated heterocycles. The Labute approximate surface area is 126 Å². The van der Waals surface area contributed by atoms with E-state index in [0.29, 0.717) is 23.9 Å². The molecule has 0 spiro atoms. The van der Waals surface area contributed by atoms with Crippen molar-refractivity contribution in [2.45, 2.75) is 12.8 Å². The molecule has 114 valence electrons. The van der Waals surface area contributed by atoms with Crippen molar-refractivity contribution in [3.05, 3.63) is 24.3 Å². The Morgan fingerprint density at radius 2 is 2.00 bits per heavy atom. The average Bonchev–Trinajstić information content (AvgIpc) is 3.24. The van der Waals surface area contributed by atoms with E-state index in [1.807, 2.05) is 0 Å². The van der Waals surface area contributed by atoms with Gasteiger partial charge in [-0.25, -0.2) is 8.42 Å². The highest BCUT2D eigenvalue weighted by Crippen LogP contribution is 2.30. The average molecular weight is 308 g/mol. The summed E-state index contributed by atoms with van der Waals surface area (Å²) < 4.78 is 31.3. The molecule has 21 heavy (non-hydrogen) atoms. The van der Waals surface area contributed by atoms with Crippen LogP contribution in [0.4, 0.5) is 5.69 Å². The van der Waals surface area contributed by atoms with Gasteiger partial charge in [-0.2, -0.15) is 4.31 Å². The van der Waals surface area contributed by atoms with E-state index in [1.165, 1.54) is 4.31 Å². The molecule has 0 heterocycles. The van der Waals surface area contributed by atoms with Crippen LogP contribution in [0, 0.1) is 18.3 Å². The zero-order chi connectivity index (χ0) is 15.3. The number of benzene rings is 1. The molecule has 0 aliphatic heterocycles. The predicted molar refractivity (Wildman–Crippen MR) is 83.3 cm³/mol. The quantitative estimate of drug-likeness (QED) is 0.581. The second-order valence-electron chi connectivity index (χ2n) is 5.17. The molecule has 1 fully saturated rings. The van der Waals surface area contributed by atoms with E-state index < -0.39 is 10.0 Å². The van der Waals surface area contributed by atoms with Crippen molar-refractivity contribution in [3.63, 3.8) is 0 Å². The minimum absolute atomic E-state index is 0.0776. The number of hydrogen-bond donors (Lipinski definition) is 1. The van der Waals surface area contributed by atoms with Crippen LogP contribution in [-0.2, 0) is 10.0 Å². The summed E-state index contributed by atoms with van der Waals surface area (Å²) in [6.45, 7) is 0.743. The smallest absolute Gasteiger partial charge is 0.218 e. The minimum Gasteiger partial charge on any atom is -0.492 e. The Balaban J connectivity index is 1.86. The number of nitrogens with zero attached hydrogens (tertiary/aromatic N) is 1. The van der Waals surface area contributed by atoms with E-state index in [2.05, 4.69) is 5.92 Å². The third kappa shape index (κ3) is 4.96. The Kier molecular flexibility index (Phi) is 5.10. The lowest BCUT2D eigenvalue weighted by atomic mass is 10.3. The molecule has 0 bridgehead atoms.